The lowest BCUT2D eigenvalue weighted by atomic mass is 10.0. The van der Waals surface area contributed by atoms with Crippen LogP contribution in [-0.2, 0) is 28.4 Å². The summed E-state index contributed by atoms with van der Waals surface area (Å²) < 4.78 is 29.0. The molecule has 0 aliphatic carbocycles. The van der Waals surface area contributed by atoms with Crippen LogP contribution in [0.5, 0.6) is 0 Å². The number of rotatable bonds is 11. The molecule has 1 aliphatic rings. The molecule has 1 amide bonds. The van der Waals surface area contributed by atoms with Crippen molar-refractivity contribution in [3.8, 4) is 0 Å². The topological polar surface area (TPSA) is 77.8 Å². The van der Waals surface area contributed by atoms with Crippen LogP contribution in [0.2, 0.25) is 0 Å². The van der Waals surface area contributed by atoms with Crippen LogP contribution >= 0.6 is 11.3 Å². The van der Waals surface area contributed by atoms with Crippen molar-refractivity contribution in [3.05, 3.63) is 69.9 Å². The molecule has 1 fully saturated rings. The number of nitrogens with zero attached hydrogens (tertiary/aromatic N) is 1. The number of hydrogen-bond donors (Lipinski definition) is 2. The van der Waals surface area contributed by atoms with Gasteiger partial charge in [-0.2, -0.15) is 8.78 Å². The lowest BCUT2D eigenvalue weighted by Gasteiger charge is -2.24. The van der Waals surface area contributed by atoms with Gasteiger partial charge in [0.2, 0.25) is 5.91 Å². The van der Waals surface area contributed by atoms with Gasteiger partial charge in [-0.3, -0.25) is 9.59 Å². The highest BCUT2D eigenvalue weighted by molar-refractivity contribution is 7.12. The van der Waals surface area contributed by atoms with Gasteiger partial charge in [0.25, 0.3) is 0 Å². The molecule has 0 bridgehead atoms. The molecule has 172 valence electrons. The summed E-state index contributed by atoms with van der Waals surface area (Å²) in [4.78, 5) is 26.8. The van der Waals surface area contributed by atoms with E-state index in [0.29, 0.717) is 25.8 Å². The number of aryl methyl sites for hydroxylation is 2. The Morgan fingerprint density at radius 1 is 1.19 bits per heavy atom. The first-order valence-corrected chi connectivity index (χ1v) is 11.5. The zero-order chi connectivity index (χ0) is 23.1. The number of benzene rings is 1. The zero-order valence-electron chi connectivity index (χ0n) is 17.6. The summed E-state index contributed by atoms with van der Waals surface area (Å²) in [5, 5.41) is 18.9. The van der Waals surface area contributed by atoms with Gasteiger partial charge in [-0.05, 0) is 37.8 Å². The third kappa shape index (κ3) is 6.23. The Bertz CT molecular complexity index is 944. The summed E-state index contributed by atoms with van der Waals surface area (Å²) in [6, 6.07) is 10.8. The first kappa shape index (κ1) is 24.1. The quantitative estimate of drug-likeness (QED) is 0.485. The maximum Gasteiger partial charge on any atom is 0.303 e. The third-order valence-corrected chi connectivity index (χ3v) is 6.75. The highest BCUT2D eigenvalue weighted by Gasteiger charge is 2.39. The predicted octanol–water partition coefficient (Wildman–Crippen LogP) is 4.40. The number of carboxylic acids is 1. The number of amides is 1. The number of halogens is 2. The Kier molecular flexibility index (Phi) is 8.15. The number of aliphatic hydroxyl groups is 1. The monoisotopic (exact) mass is 463 g/mol. The molecule has 3 rings (SSSR count). The first-order chi connectivity index (χ1) is 15.3. The van der Waals surface area contributed by atoms with Gasteiger partial charge in [-0.15, -0.1) is 11.3 Å². The average molecular weight is 464 g/mol. The Hall–Kier alpha value is -2.58. The van der Waals surface area contributed by atoms with E-state index in [1.54, 1.807) is 22.3 Å². The molecule has 1 aromatic carbocycles. The first-order valence-electron chi connectivity index (χ1n) is 10.7. The van der Waals surface area contributed by atoms with Crippen molar-refractivity contribution in [2.75, 3.05) is 6.54 Å². The zero-order valence-corrected chi connectivity index (χ0v) is 18.4. The Balaban J connectivity index is 1.53. The number of aliphatic carboxylic acids is 1. The fraction of sp³-hybridized carbons (Fsp3) is 0.417. The number of aliphatic hydroxyl groups excluding tert-OH is 1. The summed E-state index contributed by atoms with van der Waals surface area (Å²) in [5.74, 6) is -4.25. The second-order valence-electron chi connectivity index (χ2n) is 7.88. The molecule has 0 spiro atoms. The fourth-order valence-corrected chi connectivity index (χ4v) is 4.84. The van der Waals surface area contributed by atoms with Crippen LogP contribution in [-0.4, -0.2) is 45.7 Å². The van der Waals surface area contributed by atoms with Gasteiger partial charge < -0.3 is 15.1 Å². The molecule has 2 heterocycles. The van der Waals surface area contributed by atoms with Gasteiger partial charge in [-0.1, -0.05) is 42.5 Å². The largest absolute Gasteiger partial charge is 0.481 e. The molecule has 0 saturated carbocycles. The minimum absolute atomic E-state index is 0.0164. The molecule has 1 unspecified atom stereocenters. The van der Waals surface area contributed by atoms with E-state index >= 15 is 0 Å². The third-order valence-electron chi connectivity index (χ3n) is 5.55. The van der Waals surface area contributed by atoms with Gasteiger partial charge in [0.05, 0.1) is 12.5 Å². The molecule has 1 aromatic heterocycles. The Morgan fingerprint density at radius 2 is 1.88 bits per heavy atom. The summed E-state index contributed by atoms with van der Waals surface area (Å²) >= 11 is 1.58. The minimum Gasteiger partial charge on any atom is -0.481 e. The highest BCUT2D eigenvalue weighted by atomic mass is 32.1. The van der Waals surface area contributed by atoms with Crippen LogP contribution in [0.25, 0.3) is 0 Å². The van der Waals surface area contributed by atoms with E-state index in [1.165, 1.54) is 30.3 Å². The number of likely N-dealkylation sites (tertiary alicyclic amines) is 1. The van der Waals surface area contributed by atoms with E-state index in [0.717, 1.165) is 28.7 Å². The van der Waals surface area contributed by atoms with Crippen LogP contribution in [0.3, 0.4) is 0 Å². The van der Waals surface area contributed by atoms with Crippen LogP contribution in [0.4, 0.5) is 8.78 Å². The van der Waals surface area contributed by atoms with E-state index in [1.807, 2.05) is 12.1 Å². The van der Waals surface area contributed by atoms with E-state index < -0.39 is 18.0 Å². The number of alkyl halides is 2. The standard InChI is InChI=1S/C24H27F2NO4S/c25-24(26,17-5-2-1-3-6-17)21(28)13-8-18-9-14-22(29)27(18)16-4-7-19-10-11-20(32-19)12-15-23(30)31/h1-3,5-6,8,10-11,13,18,21,28H,4,7,9,12,14-16H2,(H,30,31)/b13-8+/t18-,21?/m0/s1. The lowest BCUT2D eigenvalue weighted by Crippen LogP contribution is -2.34. The maximum absolute atomic E-state index is 14.5. The number of carboxylic acid groups (broad SMARTS) is 1. The van der Waals surface area contributed by atoms with Crippen molar-refractivity contribution in [2.24, 2.45) is 0 Å². The predicted molar refractivity (Wildman–Crippen MR) is 119 cm³/mol. The molecule has 1 aliphatic heterocycles. The van der Waals surface area contributed by atoms with E-state index in [2.05, 4.69) is 0 Å². The second-order valence-corrected chi connectivity index (χ2v) is 9.13. The van der Waals surface area contributed by atoms with Crippen molar-refractivity contribution in [1.82, 2.24) is 4.90 Å². The summed E-state index contributed by atoms with van der Waals surface area (Å²) in [6.45, 7) is 0.501. The van der Waals surface area contributed by atoms with E-state index in [9.17, 15) is 23.5 Å². The molecule has 5 nitrogen and oxygen atoms in total. The average Bonchev–Trinajstić information content (AvgIpc) is 3.37. The molecule has 1 saturated heterocycles. The highest BCUT2D eigenvalue weighted by Crippen LogP contribution is 2.33. The Labute approximate surface area is 190 Å². The normalized spacial score (nSPS) is 17.9. The molecule has 32 heavy (non-hydrogen) atoms. The van der Waals surface area contributed by atoms with Crippen LogP contribution < -0.4 is 0 Å². The van der Waals surface area contributed by atoms with Gasteiger partial charge >= 0.3 is 11.9 Å². The van der Waals surface area contributed by atoms with Crippen LogP contribution in [0.1, 0.15) is 41.0 Å². The van der Waals surface area contributed by atoms with Gasteiger partial charge in [-0.25, -0.2) is 0 Å². The fourth-order valence-electron chi connectivity index (χ4n) is 3.78. The second kappa shape index (κ2) is 10.8. The maximum atomic E-state index is 14.5. The Morgan fingerprint density at radius 3 is 2.56 bits per heavy atom. The molecule has 2 atom stereocenters. The van der Waals surface area contributed by atoms with E-state index in [4.69, 9.17) is 5.11 Å². The van der Waals surface area contributed by atoms with Crippen LogP contribution in [0.15, 0.2) is 54.6 Å². The van der Waals surface area contributed by atoms with Crippen molar-refractivity contribution >= 4 is 23.2 Å². The van der Waals surface area contributed by atoms with E-state index in [-0.39, 0.29) is 23.9 Å². The molecule has 2 N–H and O–H groups in total. The van der Waals surface area contributed by atoms with Gasteiger partial charge in [0, 0.05) is 28.3 Å². The summed E-state index contributed by atoms with van der Waals surface area (Å²) in [7, 11) is 0. The lowest BCUT2D eigenvalue weighted by molar-refractivity contribution is -0.137. The number of hydrogen-bond acceptors (Lipinski definition) is 4. The SMILES string of the molecule is O=C(O)CCc1ccc(CCCN2C(=O)CC[C@@H]2/C=C/C(O)C(F)(F)c2ccccc2)s1. The summed E-state index contributed by atoms with van der Waals surface area (Å²) in [6.07, 6.45) is 3.62. The molecule has 2 aromatic rings. The molecular weight excluding hydrogens is 436 g/mol. The minimum atomic E-state index is -3.41. The molecular formula is C24H27F2NO4S. The van der Waals surface area contributed by atoms with Crippen molar-refractivity contribution < 1.29 is 28.6 Å². The summed E-state index contributed by atoms with van der Waals surface area (Å²) in [5.41, 5.74) is -0.254. The van der Waals surface area contributed by atoms with Crippen molar-refractivity contribution in [2.45, 2.75) is 56.6 Å². The number of carbonyl (C=O) groups is 2. The van der Waals surface area contributed by atoms with Crippen molar-refractivity contribution in [3.63, 3.8) is 0 Å². The van der Waals surface area contributed by atoms with Crippen molar-refractivity contribution in [1.29, 1.82) is 0 Å². The molecule has 8 heteroatoms. The number of carbonyl (C=O) groups excluding carboxylic acids is 1. The number of thiophene rings is 1. The van der Waals surface area contributed by atoms with Gasteiger partial charge in [0.1, 0.15) is 6.10 Å². The van der Waals surface area contributed by atoms with Crippen LogP contribution in [0, 0.1) is 0 Å². The smallest absolute Gasteiger partial charge is 0.303 e. The van der Waals surface area contributed by atoms with Gasteiger partial charge in [0.15, 0.2) is 0 Å². The molecule has 0 radical (unpaired) electrons.